The number of amides is 1. The molecule has 0 atom stereocenters. The number of nitrogens with one attached hydrogen (secondary N) is 1. The number of aromatic nitrogens is 4. The van der Waals surface area contributed by atoms with Gasteiger partial charge in [0.25, 0.3) is 0 Å². The highest BCUT2D eigenvalue weighted by Gasteiger charge is 2.38. The number of alkyl halides is 6. The average molecular weight is 677 g/mol. The molecule has 0 bridgehead atoms. The Morgan fingerprint density at radius 3 is 1.96 bits per heavy atom. The second-order valence-corrected chi connectivity index (χ2v) is 9.59. The molecular weight excluding hydrogens is 650 g/mol. The van der Waals surface area contributed by atoms with Crippen LogP contribution in [-0.4, -0.2) is 59.9 Å². The van der Waals surface area contributed by atoms with Gasteiger partial charge < -0.3 is 25.8 Å². The van der Waals surface area contributed by atoms with E-state index in [9.17, 15) is 31.1 Å². The van der Waals surface area contributed by atoms with Crippen LogP contribution in [0.4, 0.5) is 26.3 Å². The number of pyridine rings is 2. The number of hydrogen-bond acceptors (Lipinski definition) is 7. The highest BCUT2D eigenvalue weighted by molar-refractivity contribution is 5.92. The monoisotopic (exact) mass is 676 g/mol. The Labute approximate surface area is 267 Å². The molecule has 2 aromatic carbocycles. The van der Waals surface area contributed by atoms with Crippen molar-refractivity contribution in [3.05, 3.63) is 103 Å². The van der Waals surface area contributed by atoms with Crippen LogP contribution in [0, 0.1) is 0 Å². The number of nitrogens with zero attached hydrogens (tertiary/aromatic N) is 4. The predicted octanol–water partition coefficient (Wildman–Crippen LogP) is 5.20. The summed E-state index contributed by atoms with van der Waals surface area (Å²) in [5.41, 5.74) is 12.4. The van der Waals surface area contributed by atoms with Gasteiger partial charge in [0.05, 0.1) is 29.8 Å². The number of fused-ring (bicyclic) bond motifs is 1. The van der Waals surface area contributed by atoms with E-state index in [1.165, 1.54) is 0 Å². The molecule has 48 heavy (non-hydrogen) atoms. The molecular formula is C31H26F6N6O5. The lowest BCUT2D eigenvalue weighted by atomic mass is 9.96. The summed E-state index contributed by atoms with van der Waals surface area (Å²) in [6, 6.07) is 22.4. The largest absolute Gasteiger partial charge is 0.490 e. The maximum absolute atomic E-state index is 12.4. The average Bonchev–Trinajstić information content (AvgIpc) is 3.56. The molecule has 3 aromatic heterocycles. The van der Waals surface area contributed by atoms with Gasteiger partial charge >= 0.3 is 24.3 Å². The first kappa shape index (κ1) is 36.6. The van der Waals surface area contributed by atoms with Crippen molar-refractivity contribution >= 4 is 28.7 Å². The van der Waals surface area contributed by atoms with Crippen LogP contribution in [0.25, 0.3) is 33.3 Å². The van der Waals surface area contributed by atoms with Crippen molar-refractivity contribution in [2.24, 2.45) is 5.73 Å². The topological polar surface area (TPSA) is 173 Å². The van der Waals surface area contributed by atoms with Crippen LogP contribution in [0.15, 0.2) is 91.6 Å². The number of imidazole rings is 1. The van der Waals surface area contributed by atoms with Gasteiger partial charge in [-0.25, -0.2) is 19.6 Å². The normalized spacial score (nSPS) is 11.1. The van der Waals surface area contributed by atoms with Gasteiger partial charge in [0.2, 0.25) is 5.91 Å². The van der Waals surface area contributed by atoms with Crippen LogP contribution < -0.4 is 11.1 Å². The first-order chi connectivity index (χ1) is 22.6. The fourth-order valence-electron chi connectivity index (χ4n) is 3.93. The summed E-state index contributed by atoms with van der Waals surface area (Å²) >= 11 is 0. The third-order valence-corrected chi connectivity index (χ3v) is 6.20. The molecule has 11 nitrogen and oxygen atoms in total. The highest BCUT2D eigenvalue weighted by Crippen LogP contribution is 2.34. The third kappa shape index (κ3) is 10.6. The molecule has 5 aromatic rings. The lowest BCUT2D eigenvalue weighted by molar-refractivity contribution is -0.193. The minimum absolute atomic E-state index is 0.107. The van der Waals surface area contributed by atoms with Gasteiger partial charge in [0.1, 0.15) is 6.54 Å². The maximum Gasteiger partial charge on any atom is 0.490 e. The number of halogens is 6. The van der Waals surface area contributed by atoms with Gasteiger partial charge in [-0.2, -0.15) is 26.3 Å². The summed E-state index contributed by atoms with van der Waals surface area (Å²) in [6.45, 7) is 1.02. The van der Waals surface area contributed by atoms with Gasteiger partial charge in [-0.15, -0.1) is 0 Å². The first-order valence-electron chi connectivity index (χ1n) is 13.6. The van der Waals surface area contributed by atoms with Crippen LogP contribution in [0.5, 0.6) is 0 Å². The van der Waals surface area contributed by atoms with E-state index < -0.39 is 24.3 Å². The molecule has 0 unspecified atom stereocenters. The fourth-order valence-corrected chi connectivity index (χ4v) is 3.93. The first-order valence-corrected chi connectivity index (χ1v) is 13.6. The van der Waals surface area contributed by atoms with Crippen LogP contribution in [-0.2, 0) is 34.0 Å². The number of carbonyl (C=O) groups excluding carboxylic acids is 1. The lowest BCUT2D eigenvalue weighted by Crippen LogP contribution is -2.27. The predicted molar refractivity (Wildman–Crippen MR) is 160 cm³/mol. The zero-order valence-corrected chi connectivity index (χ0v) is 24.5. The summed E-state index contributed by atoms with van der Waals surface area (Å²) in [7, 11) is 0. The molecule has 1 amide bonds. The number of benzene rings is 2. The number of rotatable bonds is 7. The SMILES string of the molecule is NCc1ccc(-c2nc3ccnc(CNC(=O)Cn4ccnc4)c3cc2-c2ccccc2)cc1.O=C(O)C(F)(F)F.O=C(O)C(F)(F)F. The molecule has 0 spiro atoms. The number of aliphatic carboxylic acids is 2. The summed E-state index contributed by atoms with van der Waals surface area (Å²) in [5.74, 6) is -5.62. The molecule has 0 saturated carbocycles. The van der Waals surface area contributed by atoms with Crippen molar-refractivity contribution in [1.82, 2.24) is 24.8 Å². The Kier molecular flexibility index (Phi) is 12.3. The lowest BCUT2D eigenvalue weighted by Gasteiger charge is -2.14. The van der Waals surface area contributed by atoms with Crippen molar-refractivity contribution in [3.63, 3.8) is 0 Å². The molecule has 0 fully saturated rings. The number of nitrogens with two attached hydrogens (primary N) is 1. The number of hydrogen-bond donors (Lipinski definition) is 4. The third-order valence-electron chi connectivity index (χ3n) is 6.20. The van der Waals surface area contributed by atoms with Crippen LogP contribution in [0.2, 0.25) is 0 Å². The van der Waals surface area contributed by atoms with Gasteiger partial charge in [-0.05, 0) is 23.3 Å². The molecule has 0 aliphatic carbocycles. The molecule has 0 radical (unpaired) electrons. The van der Waals surface area contributed by atoms with E-state index in [-0.39, 0.29) is 12.5 Å². The van der Waals surface area contributed by atoms with Crippen molar-refractivity contribution in [1.29, 1.82) is 0 Å². The number of carbonyl (C=O) groups is 3. The number of carboxylic acids is 2. The van der Waals surface area contributed by atoms with Crippen molar-refractivity contribution in [2.45, 2.75) is 32.0 Å². The Hall–Kier alpha value is -5.84. The molecule has 3 heterocycles. The molecule has 0 aliphatic heterocycles. The second kappa shape index (κ2) is 16.1. The molecule has 0 aliphatic rings. The fraction of sp³-hybridized carbons (Fsp3) is 0.161. The zero-order chi connectivity index (χ0) is 35.5. The molecule has 252 valence electrons. The molecule has 17 heteroatoms. The van der Waals surface area contributed by atoms with E-state index >= 15 is 0 Å². The Balaban J connectivity index is 0.000000376. The van der Waals surface area contributed by atoms with Crippen LogP contribution in [0.1, 0.15) is 11.3 Å². The smallest absolute Gasteiger partial charge is 0.475 e. The summed E-state index contributed by atoms with van der Waals surface area (Å²) < 4.78 is 65.2. The van der Waals surface area contributed by atoms with E-state index in [2.05, 4.69) is 45.6 Å². The molecule has 0 saturated heterocycles. The second-order valence-electron chi connectivity index (χ2n) is 9.59. The van der Waals surface area contributed by atoms with Crippen LogP contribution >= 0.6 is 0 Å². The van der Waals surface area contributed by atoms with Gasteiger partial charge in [-0.3, -0.25) is 9.78 Å². The maximum atomic E-state index is 12.4. The molecule has 5 N–H and O–H groups in total. The standard InChI is InChI=1S/C27H24N6O.2C2HF3O2/c28-15-19-6-8-21(9-7-19)27-22(20-4-2-1-3-5-20)14-23-24(32-27)10-11-30-25(23)16-31-26(34)17-33-13-12-29-18-33;2*3-2(4,5)1(6)7/h1-14,18H,15-17,28H2,(H,31,34);2*(H,6,7). The Bertz CT molecular complexity index is 1810. The highest BCUT2D eigenvalue weighted by atomic mass is 19.4. The Morgan fingerprint density at radius 2 is 1.44 bits per heavy atom. The van der Waals surface area contributed by atoms with Gasteiger partial charge in [0.15, 0.2) is 0 Å². The van der Waals surface area contributed by atoms with E-state index in [0.29, 0.717) is 13.1 Å². The van der Waals surface area contributed by atoms with Crippen molar-refractivity contribution in [2.75, 3.05) is 0 Å². The Morgan fingerprint density at radius 1 is 0.833 bits per heavy atom. The van der Waals surface area contributed by atoms with Crippen molar-refractivity contribution in [3.8, 4) is 22.4 Å². The van der Waals surface area contributed by atoms with E-state index in [1.807, 2.05) is 36.4 Å². The van der Waals surface area contributed by atoms with Gasteiger partial charge in [-0.1, -0.05) is 54.6 Å². The van der Waals surface area contributed by atoms with Crippen LogP contribution in [0.3, 0.4) is 0 Å². The quantitative estimate of drug-likeness (QED) is 0.169. The zero-order valence-electron chi connectivity index (χ0n) is 24.5. The summed E-state index contributed by atoms with van der Waals surface area (Å²) in [5, 5.41) is 18.1. The van der Waals surface area contributed by atoms with E-state index in [0.717, 1.165) is 44.5 Å². The summed E-state index contributed by atoms with van der Waals surface area (Å²) in [4.78, 5) is 43.7. The number of carboxylic acid groups (broad SMARTS) is 2. The van der Waals surface area contributed by atoms with E-state index in [4.69, 9.17) is 30.5 Å². The molecule has 5 rings (SSSR count). The van der Waals surface area contributed by atoms with Crippen molar-refractivity contribution < 1.29 is 50.9 Å². The van der Waals surface area contributed by atoms with E-state index in [1.54, 1.807) is 29.5 Å². The summed E-state index contributed by atoms with van der Waals surface area (Å²) in [6.07, 6.45) is -3.41. The van der Waals surface area contributed by atoms with Gasteiger partial charge in [0, 0.05) is 41.6 Å². The minimum Gasteiger partial charge on any atom is -0.475 e. The minimum atomic E-state index is -5.08.